The summed E-state index contributed by atoms with van der Waals surface area (Å²) in [6, 6.07) is 0. The van der Waals surface area contributed by atoms with Crippen molar-refractivity contribution < 1.29 is 9.90 Å². The average molecular weight is 264 g/mol. The number of allylic oxidation sites excluding steroid dienone is 4. The molecular formula is C17H28O2. The van der Waals surface area contributed by atoms with Gasteiger partial charge in [0.2, 0.25) is 0 Å². The zero-order valence-electron chi connectivity index (χ0n) is 13.0. The molecule has 1 aliphatic carbocycles. The molecule has 1 N–H and O–H groups in total. The molecule has 2 atom stereocenters. The van der Waals surface area contributed by atoms with Crippen molar-refractivity contribution in [3.8, 4) is 0 Å². The quantitative estimate of drug-likeness (QED) is 0.699. The van der Waals surface area contributed by atoms with E-state index in [1.165, 1.54) is 29.6 Å². The Kier molecular flexibility index (Phi) is 5.84. The molecule has 19 heavy (non-hydrogen) atoms. The van der Waals surface area contributed by atoms with Crippen LogP contribution in [0.4, 0.5) is 0 Å². The lowest BCUT2D eigenvalue weighted by Crippen LogP contribution is -2.11. The molecule has 1 aliphatic rings. The van der Waals surface area contributed by atoms with Gasteiger partial charge in [0.1, 0.15) is 0 Å². The minimum absolute atomic E-state index is 0.240. The fraction of sp³-hybridized carbons (Fsp3) is 0.706. The molecule has 0 spiro atoms. The molecule has 108 valence electrons. The second kappa shape index (κ2) is 6.93. The smallest absolute Gasteiger partial charge is 0.306 e. The third-order valence-electron chi connectivity index (χ3n) is 4.19. The van der Waals surface area contributed by atoms with Crippen molar-refractivity contribution in [3.63, 3.8) is 0 Å². The molecular weight excluding hydrogens is 236 g/mol. The van der Waals surface area contributed by atoms with E-state index in [1.54, 1.807) is 6.92 Å². The molecule has 0 aromatic rings. The molecule has 2 nitrogen and oxygen atoms in total. The van der Waals surface area contributed by atoms with Crippen LogP contribution in [0.2, 0.25) is 0 Å². The van der Waals surface area contributed by atoms with Crippen LogP contribution in [0.3, 0.4) is 0 Å². The highest BCUT2D eigenvalue weighted by Gasteiger charge is 2.25. The van der Waals surface area contributed by atoms with Gasteiger partial charge in [-0.2, -0.15) is 0 Å². The lowest BCUT2D eigenvalue weighted by atomic mass is 9.87. The molecule has 2 unspecified atom stereocenters. The summed E-state index contributed by atoms with van der Waals surface area (Å²) in [4.78, 5) is 10.9. The molecule has 0 heterocycles. The maximum atomic E-state index is 10.9. The Hall–Kier alpha value is -1.05. The summed E-state index contributed by atoms with van der Waals surface area (Å²) in [5.74, 6) is 0.224. The normalized spacial score (nSPS) is 22.2. The third kappa shape index (κ3) is 4.52. The molecule has 0 bridgehead atoms. The largest absolute Gasteiger partial charge is 0.481 e. The molecule has 0 saturated heterocycles. The van der Waals surface area contributed by atoms with Crippen molar-refractivity contribution in [1.29, 1.82) is 0 Å². The maximum Gasteiger partial charge on any atom is 0.306 e. The molecule has 0 radical (unpaired) electrons. The maximum absolute atomic E-state index is 10.9. The van der Waals surface area contributed by atoms with E-state index in [2.05, 4.69) is 33.8 Å². The Morgan fingerprint density at radius 3 is 2.58 bits per heavy atom. The highest BCUT2D eigenvalue weighted by Crippen LogP contribution is 2.39. The van der Waals surface area contributed by atoms with Gasteiger partial charge >= 0.3 is 5.97 Å². The van der Waals surface area contributed by atoms with Crippen molar-refractivity contribution in [2.24, 2.45) is 17.8 Å². The van der Waals surface area contributed by atoms with Crippen LogP contribution in [0.1, 0.15) is 60.3 Å². The van der Waals surface area contributed by atoms with E-state index in [0.717, 1.165) is 12.8 Å². The van der Waals surface area contributed by atoms with Crippen LogP contribution < -0.4 is 0 Å². The van der Waals surface area contributed by atoms with Crippen LogP contribution in [-0.2, 0) is 4.79 Å². The summed E-state index contributed by atoms with van der Waals surface area (Å²) in [6.45, 7) is 10.7. The number of carboxylic acid groups (broad SMARTS) is 1. The fourth-order valence-electron chi connectivity index (χ4n) is 3.02. The minimum Gasteiger partial charge on any atom is -0.481 e. The van der Waals surface area contributed by atoms with Gasteiger partial charge in [-0.1, -0.05) is 43.6 Å². The lowest BCUT2D eigenvalue weighted by Gasteiger charge is -2.18. The van der Waals surface area contributed by atoms with Crippen LogP contribution in [-0.4, -0.2) is 11.1 Å². The molecule has 0 saturated carbocycles. The van der Waals surface area contributed by atoms with Crippen molar-refractivity contribution in [2.75, 3.05) is 0 Å². The molecule has 0 aliphatic heterocycles. The lowest BCUT2D eigenvalue weighted by molar-refractivity contribution is -0.141. The SMILES string of the molecule is CC1=C(CCC(C)C(=O)O)C(/C(C)=C/C(C)C)CC1. The van der Waals surface area contributed by atoms with Crippen molar-refractivity contribution in [1.82, 2.24) is 0 Å². The van der Waals surface area contributed by atoms with Gasteiger partial charge in [0.15, 0.2) is 0 Å². The van der Waals surface area contributed by atoms with Crippen LogP contribution >= 0.6 is 0 Å². The molecule has 0 aromatic heterocycles. The van der Waals surface area contributed by atoms with Crippen LogP contribution in [0.25, 0.3) is 0 Å². The first-order valence-electron chi connectivity index (χ1n) is 7.42. The van der Waals surface area contributed by atoms with E-state index < -0.39 is 5.97 Å². The topological polar surface area (TPSA) is 37.3 Å². The van der Waals surface area contributed by atoms with E-state index in [4.69, 9.17) is 5.11 Å². The second-order valence-electron chi connectivity index (χ2n) is 6.33. The minimum atomic E-state index is -0.678. The highest BCUT2D eigenvalue weighted by atomic mass is 16.4. The van der Waals surface area contributed by atoms with Crippen LogP contribution in [0, 0.1) is 17.8 Å². The molecule has 1 rings (SSSR count). The predicted molar refractivity (Wildman–Crippen MR) is 80.1 cm³/mol. The summed E-state index contributed by atoms with van der Waals surface area (Å²) >= 11 is 0. The summed E-state index contributed by atoms with van der Waals surface area (Å²) in [7, 11) is 0. The van der Waals surface area contributed by atoms with Gasteiger partial charge in [-0.3, -0.25) is 4.79 Å². The van der Waals surface area contributed by atoms with Gasteiger partial charge in [0.25, 0.3) is 0 Å². The number of aliphatic carboxylic acids is 1. The number of carbonyl (C=O) groups is 1. The molecule has 0 amide bonds. The fourth-order valence-corrected chi connectivity index (χ4v) is 3.02. The molecule has 2 heteroatoms. The summed E-state index contributed by atoms with van der Waals surface area (Å²) in [5.41, 5.74) is 4.45. The predicted octanol–water partition coefficient (Wildman–Crippen LogP) is 4.82. The van der Waals surface area contributed by atoms with Gasteiger partial charge in [0.05, 0.1) is 5.92 Å². The first-order valence-corrected chi connectivity index (χ1v) is 7.42. The standard InChI is InChI=1S/C17H28O2/c1-11(2)10-14(5)16-8-6-12(3)15(16)9-7-13(4)17(18)19/h10-11,13,16H,6-9H2,1-5H3,(H,18,19)/b14-10+. The van der Waals surface area contributed by atoms with Gasteiger partial charge in [-0.25, -0.2) is 0 Å². The molecule has 0 fully saturated rings. The van der Waals surface area contributed by atoms with Crippen LogP contribution in [0.15, 0.2) is 22.8 Å². The Labute approximate surface area is 117 Å². The zero-order valence-corrected chi connectivity index (χ0v) is 13.0. The van der Waals surface area contributed by atoms with E-state index >= 15 is 0 Å². The Bertz CT molecular complexity index is 388. The van der Waals surface area contributed by atoms with Crippen molar-refractivity contribution in [2.45, 2.75) is 60.3 Å². The summed E-state index contributed by atoms with van der Waals surface area (Å²) in [6.07, 6.45) is 6.42. The van der Waals surface area contributed by atoms with E-state index in [-0.39, 0.29) is 5.92 Å². The first kappa shape index (κ1) is 16.0. The second-order valence-corrected chi connectivity index (χ2v) is 6.33. The number of rotatable bonds is 6. The third-order valence-corrected chi connectivity index (χ3v) is 4.19. The highest BCUT2D eigenvalue weighted by molar-refractivity contribution is 5.69. The first-order chi connectivity index (χ1) is 8.82. The van der Waals surface area contributed by atoms with Crippen molar-refractivity contribution >= 4 is 5.97 Å². The van der Waals surface area contributed by atoms with E-state index in [9.17, 15) is 4.79 Å². The Morgan fingerprint density at radius 2 is 2.05 bits per heavy atom. The van der Waals surface area contributed by atoms with E-state index in [1.807, 2.05) is 0 Å². The summed E-state index contributed by atoms with van der Waals surface area (Å²) in [5, 5.41) is 8.99. The average Bonchev–Trinajstić information content (AvgIpc) is 2.66. The number of hydrogen-bond acceptors (Lipinski definition) is 1. The number of carboxylic acids is 1. The Balaban J connectivity index is 2.73. The summed E-state index contributed by atoms with van der Waals surface area (Å²) < 4.78 is 0. The van der Waals surface area contributed by atoms with Gasteiger partial charge < -0.3 is 5.11 Å². The Morgan fingerprint density at radius 1 is 1.42 bits per heavy atom. The number of hydrogen-bond donors (Lipinski definition) is 1. The zero-order chi connectivity index (χ0) is 14.6. The molecule has 0 aromatic carbocycles. The van der Waals surface area contributed by atoms with Crippen LogP contribution in [0.5, 0.6) is 0 Å². The van der Waals surface area contributed by atoms with Gasteiger partial charge in [-0.05, 0) is 45.4 Å². The van der Waals surface area contributed by atoms with Crippen molar-refractivity contribution in [3.05, 3.63) is 22.8 Å². The van der Waals surface area contributed by atoms with E-state index in [0.29, 0.717) is 11.8 Å². The van der Waals surface area contributed by atoms with Gasteiger partial charge in [0, 0.05) is 5.92 Å². The van der Waals surface area contributed by atoms with Gasteiger partial charge in [-0.15, -0.1) is 0 Å². The monoisotopic (exact) mass is 264 g/mol.